The minimum atomic E-state index is 0.545. The fourth-order valence-electron chi connectivity index (χ4n) is 0.237. The van der Waals surface area contributed by atoms with Gasteiger partial charge in [0.25, 0.3) is 0 Å². The summed E-state index contributed by atoms with van der Waals surface area (Å²) in [7, 11) is 0. The summed E-state index contributed by atoms with van der Waals surface area (Å²) in [5.74, 6) is 0. The molecule has 1 aliphatic heterocycles. The van der Waals surface area contributed by atoms with Crippen LogP contribution in [0.2, 0.25) is 0 Å². The summed E-state index contributed by atoms with van der Waals surface area (Å²) in [6.45, 7) is 0.545. The minimum absolute atomic E-state index is 0.545. The highest BCUT2D eigenvalue weighted by atomic mass is 32.1. The number of hydrogen-bond donors (Lipinski definition) is 1. The van der Waals surface area contributed by atoms with Gasteiger partial charge in [-0.1, -0.05) is 0 Å². The second-order valence-corrected chi connectivity index (χ2v) is 1.19. The fourth-order valence-corrected chi connectivity index (χ4v) is 0.376. The summed E-state index contributed by atoms with van der Waals surface area (Å²) in [6, 6.07) is 0. The molecule has 1 rings (SSSR count). The molecule has 0 aliphatic carbocycles. The highest BCUT2D eigenvalue weighted by molar-refractivity contribution is 7.77. The second-order valence-electron chi connectivity index (χ2n) is 0.847. The van der Waals surface area contributed by atoms with E-state index in [1.165, 1.54) is 0 Å². The van der Waals surface area contributed by atoms with Crippen molar-refractivity contribution in [2.45, 2.75) is 0 Å². The monoisotopic (exact) mass is 104 g/mol. The van der Waals surface area contributed by atoms with Crippen LogP contribution in [-0.4, -0.2) is 17.4 Å². The smallest absolute Gasteiger partial charge is 0.115 e. The predicted octanol–water partition coefficient (Wildman–Crippen LogP) is 0.0642. The zero-order valence-corrected chi connectivity index (χ0v) is 3.93. The molecule has 1 heterocycles. The lowest BCUT2D eigenvalue weighted by molar-refractivity contribution is -0.0295. The van der Waals surface area contributed by atoms with Crippen molar-refractivity contribution in [2.75, 3.05) is 6.61 Å². The number of hydrogen-bond acceptors (Lipinski definition) is 4. The van der Waals surface area contributed by atoms with E-state index < -0.39 is 0 Å². The number of rotatable bonds is 0. The van der Waals surface area contributed by atoms with Crippen LogP contribution in [0.3, 0.4) is 0 Å². The van der Waals surface area contributed by atoms with Crippen LogP contribution in [0, 0.1) is 0 Å². The Morgan fingerprint density at radius 3 is 3.00 bits per heavy atom. The molecule has 0 aromatic rings. The van der Waals surface area contributed by atoms with Crippen LogP contribution in [0.4, 0.5) is 0 Å². The van der Waals surface area contributed by atoms with Gasteiger partial charge in [-0.3, -0.25) is 0 Å². The molecule has 0 bridgehead atoms. The molecule has 0 aromatic carbocycles. The zero-order chi connectivity index (χ0) is 4.41. The summed E-state index contributed by atoms with van der Waals surface area (Å²) in [5, 5.41) is 3.59. The first-order valence-electron chi connectivity index (χ1n) is 1.54. The van der Waals surface area contributed by atoms with Crippen LogP contribution >= 0.6 is 12.8 Å². The molecule has 0 atom stereocenters. The first kappa shape index (κ1) is 3.95. The third-order valence-electron chi connectivity index (χ3n) is 0.445. The maximum Gasteiger partial charge on any atom is 0.115 e. The molecule has 0 N–H and O–H groups in total. The number of thiol groups is 1. The lowest BCUT2D eigenvalue weighted by Gasteiger charge is -1.97. The van der Waals surface area contributed by atoms with Gasteiger partial charge < -0.3 is 0 Å². The summed E-state index contributed by atoms with van der Waals surface area (Å²) in [4.78, 5) is 4.63. The lowest BCUT2D eigenvalue weighted by atomic mass is 10.8. The Hall–Kier alpha value is -0.220. The van der Waals surface area contributed by atoms with Gasteiger partial charge in [-0.2, -0.15) is 5.10 Å². The molecule has 0 saturated heterocycles. The van der Waals surface area contributed by atoms with Gasteiger partial charge in [0, 0.05) is 0 Å². The standard InChI is InChI=1S/C2H4N2OS/c6-4-3-1-2-5-4/h1,6H,2H2. The minimum Gasteiger partial charge on any atom is -0.241 e. The topological polar surface area (TPSA) is 24.8 Å². The number of hydrazone groups is 1. The first-order chi connectivity index (χ1) is 2.89. The van der Waals surface area contributed by atoms with Gasteiger partial charge in [0.05, 0.1) is 6.21 Å². The average molecular weight is 104 g/mol. The lowest BCUT2D eigenvalue weighted by Crippen LogP contribution is -1.95. The molecule has 4 heteroatoms. The molecule has 1 aliphatic rings. The summed E-state index contributed by atoms with van der Waals surface area (Å²) < 4.78 is 1.12. The van der Waals surface area contributed by atoms with E-state index in [1.807, 2.05) is 0 Å². The Kier molecular flexibility index (Phi) is 0.979. The van der Waals surface area contributed by atoms with E-state index in [2.05, 4.69) is 22.8 Å². The molecule has 3 nitrogen and oxygen atoms in total. The molecular formula is C2H4N2OS. The van der Waals surface area contributed by atoms with E-state index in [9.17, 15) is 0 Å². The molecule has 0 aromatic heterocycles. The van der Waals surface area contributed by atoms with Crippen LogP contribution in [-0.2, 0) is 4.84 Å². The molecule has 0 fully saturated rings. The van der Waals surface area contributed by atoms with E-state index in [0.29, 0.717) is 6.61 Å². The van der Waals surface area contributed by atoms with Gasteiger partial charge >= 0.3 is 0 Å². The molecule has 6 heavy (non-hydrogen) atoms. The van der Waals surface area contributed by atoms with E-state index in [1.54, 1.807) is 6.21 Å². The highest BCUT2D eigenvalue weighted by Crippen LogP contribution is 1.97. The third kappa shape index (κ3) is 0.636. The second kappa shape index (κ2) is 1.49. The highest BCUT2D eigenvalue weighted by Gasteiger charge is 1.96. The van der Waals surface area contributed by atoms with Crippen LogP contribution in [0.25, 0.3) is 0 Å². The molecule has 0 amide bonds. The summed E-state index contributed by atoms with van der Waals surface area (Å²) in [6.07, 6.45) is 1.63. The maximum absolute atomic E-state index is 4.63. The fraction of sp³-hybridized carbons (Fsp3) is 0.500. The number of nitrogens with zero attached hydrogens (tertiary/aromatic N) is 2. The Labute approximate surface area is 41.1 Å². The Morgan fingerprint density at radius 2 is 2.83 bits per heavy atom. The zero-order valence-electron chi connectivity index (χ0n) is 3.03. The molecular weight excluding hydrogens is 100 g/mol. The van der Waals surface area contributed by atoms with Gasteiger partial charge in [-0.15, -0.1) is 4.58 Å². The molecule has 0 radical (unpaired) electrons. The molecule has 34 valence electrons. The van der Waals surface area contributed by atoms with Crippen molar-refractivity contribution in [3.63, 3.8) is 0 Å². The van der Waals surface area contributed by atoms with E-state index >= 15 is 0 Å². The van der Waals surface area contributed by atoms with Crippen molar-refractivity contribution in [1.82, 2.24) is 4.58 Å². The van der Waals surface area contributed by atoms with Crippen molar-refractivity contribution in [2.24, 2.45) is 5.10 Å². The molecule has 0 saturated carbocycles. The largest absolute Gasteiger partial charge is 0.241 e. The predicted molar refractivity (Wildman–Crippen MR) is 25.3 cm³/mol. The SMILES string of the molecule is SN1N=CCO1. The first-order valence-corrected chi connectivity index (χ1v) is 1.94. The summed E-state index contributed by atoms with van der Waals surface area (Å²) in [5.41, 5.74) is 0. The van der Waals surface area contributed by atoms with Gasteiger partial charge in [0.1, 0.15) is 6.61 Å². The third-order valence-corrected chi connectivity index (χ3v) is 0.664. The van der Waals surface area contributed by atoms with Crippen molar-refractivity contribution in [1.29, 1.82) is 0 Å². The quantitative estimate of drug-likeness (QED) is 0.440. The molecule has 0 spiro atoms. The van der Waals surface area contributed by atoms with Crippen LogP contribution < -0.4 is 0 Å². The van der Waals surface area contributed by atoms with Crippen molar-refractivity contribution in [3.05, 3.63) is 0 Å². The van der Waals surface area contributed by atoms with Gasteiger partial charge in [0.15, 0.2) is 0 Å². The average Bonchev–Trinajstić information content (AvgIpc) is 1.86. The summed E-state index contributed by atoms with van der Waals surface area (Å²) >= 11 is 3.71. The normalized spacial score (nSPS) is 19.8. The van der Waals surface area contributed by atoms with Gasteiger partial charge in [-0.25, -0.2) is 4.84 Å². The van der Waals surface area contributed by atoms with Crippen molar-refractivity contribution < 1.29 is 4.84 Å². The maximum atomic E-state index is 4.63. The molecule has 0 unspecified atom stereocenters. The van der Waals surface area contributed by atoms with Crippen LogP contribution in [0.15, 0.2) is 5.10 Å². The van der Waals surface area contributed by atoms with E-state index in [-0.39, 0.29) is 0 Å². The van der Waals surface area contributed by atoms with E-state index in [4.69, 9.17) is 0 Å². The van der Waals surface area contributed by atoms with Crippen molar-refractivity contribution >= 4 is 19.0 Å². The van der Waals surface area contributed by atoms with Gasteiger partial charge in [0.2, 0.25) is 0 Å². The van der Waals surface area contributed by atoms with Crippen LogP contribution in [0.1, 0.15) is 0 Å². The van der Waals surface area contributed by atoms with Crippen LogP contribution in [0.5, 0.6) is 0 Å². The Balaban J connectivity index is 2.38. The Bertz CT molecular complexity index is 73.9. The Morgan fingerprint density at radius 1 is 2.00 bits per heavy atom. The van der Waals surface area contributed by atoms with Crippen molar-refractivity contribution in [3.8, 4) is 0 Å². The van der Waals surface area contributed by atoms with Gasteiger partial charge in [-0.05, 0) is 12.8 Å². The van der Waals surface area contributed by atoms with E-state index in [0.717, 1.165) is 4.58 Å².